The van der Waals surface area contributed by atoms with E-state index in [9.17, 15) is 13.6 Å². The fraction of sp³-hybridized carbons (Fsp3) is 0.385. The van der Waals surface area contributed by atoms with Gasteiger partial charge in [0.25, 0.3) is 5.91 Å². The predicted molar refractivity (Wildman–Crippen MR) is 68.4 cm³/mol. The molecule has 0 unspecified atom stereocenters. The first kappa shape index (κ1) is 14.2. The summed E-state index contributed by atoms with van der Waals surface area (Å²) >= 11 is 0. The Morgan fingerprint density at radius 2 is 2.00 bits per heavy atom. The van der Waals surface area contributed by atoms with Crippen LogP contribution in [0, 0.1) is 11.6 Å². The number of hydrogen-bond acceptors (Lipinski definition) is 3. The Morgan fingerprint density at radius 3 is 2.60 bits per heavy atom. The zero-order valence-electron chi connectivity index (χ0n) is 10.7. The van der Waals surface area contributed by atoms with Crippen LogP contribution >= 0.6 is 0 Å². The summed E-state index contributed by atoms with van der Waals surface area (Å²) in [6.45, 7) is 0. The van der Waals surface area contributed by atoms with Crippen LogP contribution in [0.2, 0.25) is 0 Å². The van der Waals surface area contributed by atoms with Crippen LogP contribution in [0.25, 0.3) is 0 Å². The highest BCUT2D eigenvalue weighted by atomic mass is 19.1. The third-order valence-corrected chi connectivity index (χ3v) is 3.58. The van der Waals surface area contributed by atoms with Crippen molar-refractivity contribution in [2.45, 2.75) is 31.2 Å². The molecule has 4 N–H and O–H groups in total. The molecule has 0 aliphatic heterocycles. The smallest absolute Gasteiger partial charge is 0.255 e. The van der Waals surface area contributed by atoms with Gasteiger partial charge in [0, 0.05) is 0 Å². The maximum atomic E-state index is 13.6. The van der Waals surface area contributed by atoms with Crippen molar-refractivity contribution in [3.63, 3.8) is 0 Å². The summed E-state index contributed by atoms with van der Waals surface area (Å²) in [6.07, 6.45) is 2.57. The zero-order chi connectivity index (χ0) is 14.8. The Balaban J connectivity index is 2.27. The Kier molecular flexibility index (Phi) is 3.87. The maximum Gasteiger partial charge on any atom is 0.255 e. The number of rotatable bonds is 3. The lowest BCUT2D eigenvalue weighted by Crippen LogP contribution is -2.55. The molecule has 0 bridgehead atoms. The topological polar surface area (TPSA) is 87.7 Å². The molecule has 0 spiro atoms. The minimum absolute atomic E-state index is 0.125. The largest absolute Gasteiger partial charge is 0.409 e. The number of amides is 1. The van der Waals surface area contributed by atoms with E-state index in [1.807, 2.05) is 0 Å². The van der Waals surface area contributed by atoms with Crippen LogP contribution in [0.15, 0.2) is 23.4 Å². The van der Waals surface area contributed by atoms with Crippen LogP contribution in [-0.2, 0) is 0 Å². The van der Waals surface area contributed by atoms with Gasteiger partial charge in [-0.3, -0.25) is 4.79 Å². The summed E-state index contributed by atoms with van der Waals surface area (Å²) < 4.78 is 26.7. The second kappa shape index (κ2) is 5.44. The van der Waals surface area contributed by atoms with Gasteiger partial charge in [-0.1, -0.05) is 18.0 Å². The van der Waals surface area contributed by atoms with Gasteiger partial charge in [0.05, 0.1) is 5.56 Å². The van der Waals surface area contributed by atoms with E-state index in [4.69, 9.17) is 10.9 Å². The van der Waals surface area contributed by atoms with E-state index < -0.39 is 28.6 Å². The number of nitrogens with one attached hydrogen (secondary N) is 1. The van der Waals surface area contributed by atoms with Gasteiger partial charge in [0.1, 0.15) is 17.2 Å². The number of halogens is 2. The van der Waals surface area contributed by atoms with Crippen LogP contribution in [0.5, 0.6) is 0 Å². The number of carbonyl (C=O) groups excluding carboxylic acids is 1. The van der Waals surface area contributed by atoms with Crippen molar-refractivity contribution in [3.8, 4) is 0 Å². The molecule has 108 valence electrons. The SMILES string of the molecule is N/C(=N/O)C1(NC(=O)c2cc(F)ccc2F)CCCC1. The van der Waals surface area contributed by atoms with Crippen molar-refractivity contribution in [1.29, 1.82) is 0 Å². The average Bonchev–Trinajstić information content (AvgIpc) is 2.90. The van der Waals surface area contributed by atoms with E-state index in [-0.39, 0.29) is 5.84 Å². The second-order valence-electron chi connectivity index (χ2n) is 4.85. The second-order valence-corrected chi connectivity index (χ2v) is 4.85. The van der Waals surface area contributed by atoms with Crippen molar-refractivity contribution in [2.75, 3.05) is 0 Å². The van der Waals surface area contributed by atoms with E-state index in [0.29, 0.717) is 12.8 Å². The Hall–Kier alpha value is -2.18. The van der Waals surface area contributed by atoms with E-state index >= 15 is 0 Å². The molecular weight excluding hydrogens is 268 g/mol. The third kappa shape index (κ3) is 2.56. The molecule has 1 fully saturated rings. The molecule has 1 aliphatic rings. The molecule has 0 radical (unpaired) electrons. The van der Waals surface area contributed by atoms with Gasteiger partial charge in [0.2, 0.25) is 0 Å². The van der Waals surface area contributed by atoms with Crippen molar-refractivity contribution < 1.29 is 18.8 Å². The highest BCUT2D eigenvalue weighted by Crippen LogP contribution is 2.30. The minimum Gasteiger partial charge on any atom is -0.409 e. The molecule has 0 heterocycles. The molecular formula is C13H15F2N3O2. The maximum absolute atomic E-state index is 13.6. The van der Waals surface area contributed by atoms with Gasteiger partial charge < -0.3 is 16.3 Å². The standard InChI is InChI=1S/C13H15F2N3O2/c14-8-3-4-10(15)9(7-8)11(19)17-13(12(16)18-20)5-1-2-6-13/h3-4,7,20H,1-2,5-6H2,(H2,16,18)(H,17,19). The molecule has 0 atom stereocenters. The van der Waals surface area contributed by atoms with Gasteiger partial charge in [-0.2, -0.15) is 0 Å². The molecule has 5 nitrogen and oxygen atoms in total. The number of nitrogens with two attached hydrogens (primary N) is 1. The highest BCUT2D eigenvalue weighted by Gasteiger charge is 2.40. The van der Waals surface area contributed by atoms with E-state index in [0.717, 1.165) is 31.0 Å². The molecule has 1 saturated carbocycles. The minimum atomic E-state index is -0.995. The molecule has 1 aliphatic carbocycles. The van der Waals surface area contributed by atoms with Crippen molar-refractivity contribution in [2.24, 2.45) is 10.9 Å². The first-order valence-corrected chi connectivity index (χ1v) is 6.24. The quantitative estimate of drug-likeness (QED) is 0.342. The number of hydrogen-bond donors (Lipinski definition) is 3. The van der Waals surface area contributed by atoms with Gasteiger partial charge in [-0.25, -0.2) is 8.78 Å². The van der Waals surface area contributed by atoms with Crippen molar-refractivity contribution in [3.05, 3.63) is 35.4 Å². The fourth-order valence-corrected chi connectivity index (χ4v) is 2.48. The van der Waals surface area contributed by atoms with Crippen LogP contribution in [-0.4, -0.2) is 22.5 Å². The highest BCUT2D eigenvalue weighted by molar-refractivity contribution is 6.00. The fourth-order valence-electron chi connectivity index (χ4n) is 2.48. The zero-order valence-corrected chi connectivity index (χ0v) is 10.7. The van der Waals surface area contributed by atoms with Gasteiger partial charge in [-0.15, -0.1) is 0 Å². The first-order chi connectivity index (χ1) is 9.48. The molecule has 2 rings (SSSR count). The normalized spacial score (nSPS) is 18.0. The Bertz CT molecular complexity index is 555. The average molecular weight is 283 g/mol. The van der Waals surface area contributed by atoms with Crippen LogP contribution in [0.4, 0.5) is 8.78 Å². The monoisotopic (exact) mass is 283 g/mol. The number of amidine groups is 1. The number of oxime groups is 1. The first-order valence-electron chi connectivity index (χ1n) is 6.24. The van der Waals surface area contributed by atoms with Crippen molar-refractivity contribution >= 4 is 11.7 Å². The lowest BCUT2D eigenvalue weighted by Gasteiger charge is -2.28. The Labute approximate surface area is 114 Å². The molecule has 1 amide bonds. The number of benzene rings is 1. The number of nitrogens with zero attached hydrogens (tertiary/aromatic N) is 1. The lowest BCUT2D eigenvalue weighted by molar-refractivity contribution is 0.0918. The van der Waals surface area contributed by atoms with E-state index in [1.165, 1.54) is 0 Å². The van der Waals surface area contributed by atoms with E-state index in [2.05, 4.69) is 10.5 Å². The van der Waals surface area contributed by atoms with Crippen LogP contribution < -0.4 is 11.1 Å². The number of carbonyl (C=O) groups is 1. The summed E-state index contributed by atoms with van der Waals surface area (Å²) in [6, 6.07) is 2.63. The van der Waals surface area contributed by atoms with Crippen LogP contribution in [0.1, 0.15) is 36.0 Å². The Morgan fingerprint density at radius 1 is 1.35 bits per heavy atom. The third-order valence-electron chi connectivity index (χ3n) is 3.58. The molecule has 0 saturated heterocycles. The van der Waals surface area contributed by atoms with Crippen LogP contribution in [0.3, 0.4) is 0 Å². The lowest BCUT2D eigenvalue weighted by atomic mass is 9.95. The predicted octanol–water partition coefficient (Wildman–Crippen LogP) is 1.75. The molecule has 0 aromatic heterocycles. The van der Waals surface area contributed by atoms with Gasteiger partial charge in [0.15, 0.2) is 5.84 Å². The summed E-state index contributed by atoms with van der Waals surface area (Å²) in [7, 11) is 0. The van der Waals surface area contributed by atoms with Crippen molar-refractivity contribution in [1.82, 2.24) is 5.32 Å². The van der Waals surface area contributed by atoms with Gasteiger partial charge in [-0.05, 0) is 31.0 Å². The molecule has 20 heavy (non-hydrogen) atoms. The van der Waals surface area contributed by atoms with Gasteiger partial charge >= 0.3 is 0 Å². The summed E-state index contributed by atoms with van der Waals surface area (Å²) in [5.41, 5.74) is 4.23. The summed E-state index contributed by atoms with van der Waals surface area (Å²) in [5, 5.41) is 14.3. The molecule has 1 aromatic rings. The summed E-state index contributed by atoms with van der Waals surface area (Å²) in [4.78, 5) is 12.1. The molecule has 1 aromatic carbocycles. The summed E-state index contributed by atoms with van der Waals surface area (Å²) in [5.74, 6) is -2.44. The molecule has 7 heteroatoms. The van der Waals surface area contributed by atoms with E-state index in [1.54, 1.807) is 0 Å².